The van der Waals surface area contributed by atoms with Gasteiger partial charge in [0.05, 0.1) is 6.61 Å². The molecule has 0 saturated heterocycles. The molecule has 0 bridgehead atoms. The molecule has 0 radical (unpaired) electrons. The first-order valence-electron chi connectivity index (χ1n) is 4.97. The fourth-order valence-electron chi connectivity index (χ4n) is 1.08. The molecule has 1 atom stereocenters. The van der Waals surface area contributed by atoms with Gasteiger partial charge < -0.3 is 10.5 Å². The highest BCUT2D eigenvalue weighted by molar-refractivity contribution is 8.00. The van der Waals surface area contributed by atoms with Crippen molar-refractivity contribution >= 4 is 23.5 Å². The Bertz CT molecular complexity index is 364. The van der Waals surface area contributed by atoms with Crippen molar-refractivity contribution in [2.45, 2.75) is 31.2 Å². The predicted octanol–water partition coefficient (Wildman–Crippen LogP) is 1.41. The molecular formula is C10H15N3O2S. The molecule has 0 saturated carbocycles. The SMILES string of the molecule is CCOC(=O)C(C)Sc1nc(C)cc(N)n1. The Balaban J connectivity index is 2.69. The van der Waals surface area contributed by atoms with Gasteiger partial charge >= 0.3 is 5.97 Å². The van der Waals surface area contributed by atoms with E-state index in [0.29, 0.717) is 17.6 Å². The summed E-state index contributed by atoms with van der Waals surface area (Å²) in [5, 5.41) is 0.166. The van der Waals surface area contributed by atoms with Crippen LogP contribution in [0.15, 0.2) is 11.2 Å². The Kier molecular flexibility index (Phi) is 4.54. The number of carbonyl (C=O) groups is 1. The molecule has 16 heavy (non-hydrogen) atoms. The van der Waals surface area contributed by atoms with Crippen LogP contribution in [-0.4, -0.2) is 27.8 Å². The first-order chi connectivity index (χ1) is 7.52. The molecule has 0 fully saturated rings. The molecule has 1 heterocycles. The molecule has 1 aromatic heterocycles. The van der Waals surface area contributed by atoms with E-state index in [9.17, 15) is 4.79 Å². The van der Waals surface area contributed by atoms with Crippen LogP contribution in [0, 0.1) is 6.92 Å². The van der Waals surface area contributed by atoms with E-state index in [1.165, 1.54) is 11.8 Å². The minimum Gasteiger partial charge on any atom is -0.465 e. The Morgan fingerprint density at radius 2 is 2.31 bits per heavy atom. The predicted molar refractivity (Wildman–Crippen MR) is 63.1 cm³/mol. The van der Waals surface area contributed by atoms with Crippen LogP contribution >= 0.6 is 11.8 Å². The van der Waals surface area contributed by atoms with Gasteiger partial charge in [-0.15, -0.1) is 0 Å². The number of esters is 1. The van der Waals surface area contributed by atoms with Crippen molar-refractivity contribution in [1.82, 2.24) is 9.97 Å². The number of carbonyl (C=O) groups excluding carboxylic acids is 1. The summed E-state index contributed by atoms with van der Waals surface area (Å²) in [4.78, 5) is 19.6. The number of anilines is 1. The van der Waals surface area contributed by atoms with Gasteiger partial charge in [-0.2, -0.15) is 0 Å². The molecule has 88 valence electrons. The van der Waals surface area contributed by atoms with Crippen LogP contribution in [0.25, 0.3) is 0 Å². The molecule has 1 aromatic rings. The van der Waals surface area contributed by atoms with Crippen LogP contribution in [0.4, 0.5) is 5.82 Å². The number of nitrogen functional groups attached to an aromatic ring is 1. The molecule has 6 heteroatoms. The maximum Gasteiger partial charge on any atom is 0.319 e. The quantitative estimate of drug-likeness (QED) is 0.488. The monoisotopic (exact) mass is 241 g/mol. The lowest BCUT2D eigenvalue weighted by molar-refractivity contribution is -0.142. The van der Waals surface area contributed by atoms with E-state index in [2.05, 4.69) is 9.97 Å². The van der Waals surface area contributed by atoms with Crippen molar-refractivity contribution in [3.8, 4) is 0 Å². The zero-order valence-corrected chi connectivity index (χ0v) is 10.4. The largest absolute Gasteiger partial charge is 0.465 e. The number of hydrogen-bond acceptors (Lipinski definition) is 6. The highest BCUT2D eigenvalue weighted by Crippen LogP contribution is 2.21. The van der Waals surface area contributed by atoms with Gasteiger partial charge in [0.2, 0.25) is 0 Å². The van der Waals surface area contributed by atoms with E-state index in [1.807, 2.05) is 6.92 Å². The van der Waals surface area contributed by atoms with Crippen molar-refractivity contribution in [3.05, 3.63) is 11.8 Å². The zero-order chi connectivity index (χ0) is 12.1. The average molecular weight is 241 g/mol. The molecule has 0 spiro atoms. The van der Waals surface area contributed by atoms with E-state index >= 15 is 0 Å². The van der Waals surface area contributed by atoms with Crippen LogP contribution in [0.3, 0.4) is 0 Å². The van der Waals surface area contributed by atoms with Crippen LogP contribution in [0.5, 0.6) is 0 Å². The number of nitrogens with two attached hydrogens (primary N) is 1. The number of ether oxygens (including phenoxy) is 1. The molecule has 0 aromatic carbocycles. The maximum atomic E-state index is 11.4. The van der Waals surface area contributed by atoms with Gasteiger partial charge in [-0.05, 0) is 20.8 Å². The van der Waals surface area contributed by atoms with Crippen LogP contribution < -0.4 is 5.73 Å². The molecular weight excluding hydrogens is 226 g/mol. The summed E-state index contributed by atoms with van der Waals surface area (Å²) in [5.41, 5.74) is 6.37. The van der Waals surface area contributed by atoms with Gasteiger partial charge in [-0.1, -0.05) is 11.8 Å². The second kappa shape index (κ2) is 5.69. The van der Waals surface area contributed by atoms with E-state index in [1.54, 1.807) is 19.9 Å². The van der Waals surface area contributed by atoms with Crippen molar-refractivity contribution in [3.63, 3.8) is 0 Å². The fraction of sp³-hybridized carbons (Fsp3) is 0.500. The highest BCUT2D eigenvalue weighted by atomic mass is 32.2. The van der Waals surface area contributed by atoms with Crippen molar-refractivity contribution in [1.29, 1.82) is 0 Å². The van der Waals surface area contributed by atoms with Gasteiger partial charge in [-0.3, -0.25) is 4.79 Å². The highest BCUT2D eigenvalue weighted by Gasteiger charge is 2.17. The lowest BCUT2D eigenvalue weighted by Gasteiger charge is -2.09. The number of rotatable bonds is 4. The first-order valence-corrected chi connectivity index (χ1v) is 5.85. The van der Waals surface area contributed by atoms with Gasteiger partial charge in [0.15, 0.2) is 5.16 Å². The van der Waals surface area contributed by atoms with Crippen LogP contribution in [0.1, 0.15) is 19.5 Å². The number of nitrogens with zero attached hydrogens (tertiary/aromatic N) is 2. The van der Waals surface area contributed by atoms with Crippen molar-refractivity contribution in [2.24, 2.45) is 0 Å². The lowest BCUT2D eigenvalue weighted by atomic mass is 10.4. The third-order valence-electron chi connectivity index (χ3n) is 1.75. The summed E-state index contributed by atoms with van der Waals surface area (Å²) in [6.45, 7) is 5.73. The Morgan fingerprint density at radius 3 is 2.88 bits per heavy atom. The van der Waals surface area contributed by atoms with E-state index in [4.69, 9.17) is 10.5 Å². The summed E-state index contributed by atoms with van der Waals surface area (Å²) >= 11 is 1.24. The standard InChI is InChI=1S/C10H15N3O2S/c1-4-15-9(14)7(3)16-10-12-6(2)5-8(11)13-10/h5,7H,4H2,1-3H3,(H2,11,12,13). The fourth-order valence-corrected chi connectivity index (χ4v) is 1.92. The third-order valence-corrected chi connectivity index (χ3v) is 2.69. The summed E-state index contributed by atoms with van der Waals surface area (Å²) in [5.74, 6) is 0.141. The van der Waals surface area contributed by atoms with Gasteiger partial charge in [0.1, 0.15) is 11.1 Å². The van der Waals surface area contributed by atoms with E-state index < -0.39 is 0 Å². The Labute approximate surface area is 98.8 Å². The van der Waals surface area contributed by atoms with Gasteiger partial charge in [0.25, 0.3) is 0 Å². The third kappa shape index (κ3) is 3.69. The second-order valence-corrected chi connectivity index (χ2v) is 4.54. The summed E-state index contributed by atoms with van der Waals surface area (Å²) in [6.07, 6.45) is 0. The van der Waals surface area contributed by atoms with Crippen LogP contribution in [-0.2, 0) is 9.53 Å². The summed E-state index contributed by atoms with van der Waals surface area (Å²) in [7, 11) is 0. The molecule has 0 aliphatic rings. The molecule has 0 aliphatic heterocycles. The lowest BCUT2D eigenvalue weighted by Crippen LogP contribution is -2.17. The van der Waals surface area contributed by atoms with E-state index in [-0.39, 0.29) is 11.2 Å². The van der Waals surface area contributed by atoms with E-state index in [0.717, 1.165) is 5.69 Å². The average Bonchev–Trinajstić information content (AvgIpc) is 2.16. The molecule has 0 aliphatic carbocycles. The number of aromatic nitrogens is 2. The smallest absolute Gasteiger partial charge is 0.319 e. The normalized spacial score (nSPS) is 12.2. The molecule has 5 nitrogen and oxygen atoms in total. The van der Waals surface area contributed by atoms with Crippen molar-refractivity contribution in [2.75, 3.05) is 12.3 Å². The number of aryl methyl sites for hydroxylation is 1. The number of hydrogen-bond donors (Lipinski definition) is 1. The molecule has 2 N–H and O–H groups in total. The second-order valence-electron chi connectivity index (χ2n) is 3.23. The summed E-state index contributed by atoms with van der Waals surface area (Å²) in [6, 6.07) is 1.68. The first kappa shape index (κ1) is 12.8. The topological polar surface area (TPSA) is 78.1 Å². The Hall–Kier alpha value is -1.30. The molecule has 1 unspecified atom stereocenters. The Morgan fingerprint density at radius 1 is 1.62 bits per heavy atom. The number of thioether (sulfide) groups is 1. The molecule has 1 rings (SSSR count). The van der Waals surface area contributed by atoms with Gasteiger partial charge in [0, 0.05) is 11.8 Å². The molecule has 0 amide bonds. The minimum atomic E-state index is -0.332. The van der Waals surface area contributed by atoms with Gasteiger partial charge in [-0.25, -0.2) is 9.97 Å². The van der Waals surface area contributed by atoms with Crippen LogP contribution in [0.2, 0.25) is 0 Å². The summed E-state index contributed by atoms with van der Waals surface area (Å²) < 4.78 is 4.89. The zero-order valence-electron chi connectivity index (χ0n) is 9.56. The van der Waals surface area contributed by atoms with Crippen molar-refractivity contribution < 1.29 is 9.53 Å². The maximum absolute atomic E-state index is 11.4. The minimum absolute atomic E-state index is 0.267.